The van der Waals surface area contributed by atoms with E-state index in [-0.39, 0.29) is 5.56 Å². The van der Waals surface area contributed by atoms with Gasteiger partial charge >= 0.3 is 0 Å². The lowest BCUT2D eigenvalue weighted by atomic mass is 9.86. The molecule has 78 valence electrons. The molecule has 1 aromatic carbocycles. The summed E-state index contributed by atoms with van der Waals surface area (Å²) in [6.07, 6.45) is 0. The van der Waals surface area contributed by atoms with Crippen LogP contribution in [0.5, 0.6) is 0 Å². The molecule has 0 fully saturated rings. The van der Waals surface area contributed by atoms with Gasteiger partial charge < -0.3 is 0 Å². The molecule has 14 heavy (non-hydrogen) atoms. The van der Waals surface area contributed by atoms with Gasteiger partial charge in [0.15, 0.2) is 23.3 Å². The smallest absolute Gasteiger partial charge is 0.197 e. The Hall–Kier alpha value is -1.06. The maximum Gasteiger partial charge on any atom is 0.197 e. The second kappa shape index (κ2) is 3.26. The van der Waals surface area contributed by atoms with Crippen LogP contribution in [0.25, 0.3) is 0 Å². The summed E-state index contributed by atoms with van der Waals surface area (Å²) in [5, 5.41) is 0. The fraction of sp³-hybridized carbons (Fsp3) is 0.400. The van der Waals surface area contributed by atoms with E-state index in [2.05, 4.69) is 0 Å². The fourth-order valence-corrected chi connectivity index (χ4v) is 1.12. The molecule has 0 aliphatic heterocycles. The molecule has 0 radical (unpaired) electrons. The summed E-state index contributed by atoms with van der Waals surface area (Å²) in [4.78, 5) is 0. The molecule has 0 atom stereocenters. The molecule has 0 unspecified atom stereocenters. The van der Waals surface area contributed by atoms with Gasteiger partial charge in [0, 0.05) is 0 Å². The molecule has 0 bridgehead atoms. The minimum absolute atomic E-state index is 0.172. The first kappa shape index (κ1) is 11.0. The normalized spacial score (nSPS) is 11.9. The van der Waals surface area contributed by atoms with Gasteiger partial charge in [-0.05, 0) is 17.0 Å². The lowest BCUT2D eigenvalue weighted by molar-refractivity contribution is 0.391. The molecule has 1 rings (SSSR count). The van der Waals surface area contributed by atoms with Crippen molar-refractivity contribution in [1.82, 2.24) is 0 Å². The maximum absolute atomic E-state index is 13.2. The van der Waals surface area contributed by atoms with Crippen LogP contribution in [0.15, 0.2) is 6.07 Å². The van der Waals surface area contributed by atoms with Crippen molar-refractivity contribution in [3.63, 3.8) is 0 Å². The summed E-state index contributed by atoms with van der Waals surface area (Å²) < 4.78 is 51.3. The van der Waals surface area contributed by atoms with Gasteiger partial charge in [-0.1, -0.05) is 20.8 Å². The highest BCUT2D eigenvalue weighted by Gasteiger charge is 2.25. The molecule has 1 aromatic rings. The van der Waals surface area contributed by atoms with Crippen molar-refractivity contribution in [2.75, 3.05) is 0 Å². The Bertz CT molecular complexity index is 363. The molecule has 0 nitrogen and oxygen atoms in total. The Morgan fingerprint density at radius 3 is 1.79 bits per heavy atom. The van der Waals surface area contributed by atoms with Gasteiger partial charge in [0.25, 0.3) is 0 Å². The van der Waals surface area contributed by atoms with Gasteiger partial charge in [0.1, 0.15) is 0 Å². The Labute approximate surface area is 79.6 Å². The third-order valence-electron chi connectivity index (χ3n) is 1.91. The van der Waals surface area contributed by atoms with E-state index in [1.807, 2.05) is 0 Å². The Morgan fingerprint density at radius 2 is 1.36 bits per heavy atom. The Morgan fingerprint density at radius 1 is 0.857 bits per heavy atom. The van der Waals surface area contributed by atoms with Crippen molar-refractivity contribution in [3.8, 4) is 0 Å². The van der Waals surface area contributed by atoms with Gasteiger partial charge in [-0.3, -0.25) is 0 Å². The number of benzene rings is 1. The van der Waals surface area contributed by atoms with E-state index in [1.165, 1.54) is 0 Å². The summed E-state index contributed by atoms with van der Waals surface area (Å²) in [6, 6.07) is 0.688. The van der Waals surface area contributed by atoms with Crippen LogP contribution >= 0.6 is 0 Å². The van der Waals surface area contributed by atoms with Crippen molar-refractivity contribution in [1.29, 1.82) is 0 Å². The molecule has 0 heterocycles. The standard InChI is InChI=1S/C10H10F4/c1-10(2,3)5-4-6(11)8(13)9(14)7(5)12/h4H,1-3H3. The highest BCUT2D eigenvalue weighted by molar-refractivity contribution is 5.27. The average molecular weight is 206 g/mol. The van der Waals surface area contributed by atoms with E-state index in [1.54, 1.807) is 20.8 Å². The molecule has 0 N–H and O–H groups in total. The fourth-order valence-electron chi connectivity index (χ4n) is 1.12. The molecule has 4 heteroatoms. The third-order valence-corrected chi connectivity index (χ3v) is 1.91. The molecule has 0 aromatic heterocycles. The van der Waals surface area contributed by atoms with Gasteiger partial charge in [-0.2, -0.15) is 0 Å². The molecule has 0 aliphatic carbocycles. The number of rotatable bonds is 0. The van der Waals surface area contributed by atoms with E-state index < -0.39 is 28.7 Å². The summed E-state index contributed by atoms with van der Waals surface area (Å²) in [5.74, 6) is -6.21. The molecule has 0 saturated heterocycles. The van der Waals surface area contributed by atoms with E-state index in [0.717, 1.165) is 0 Å². The van der Waals surface area contributed by atoms with Crippen LogP contribution < -0.4 is 0 Å². The summed E-state index contributed by atoms with van der Waals surface area (Å²) in [7, 11) is 0. The second-order valence-electron chi connectivity index (χ2n) is 4.10. The highest BCUT2D eigenvalue weighted by Crippen LogP contribution is 2.28. The van der Waals surface area contributed by atoms with E-state index in [9.17, 15) is 17.6 Å². The van der Waals surface area contributed by atoms with Crippen molar-refractivity contribution < 1.29 is 17.6 Å². The monoisotopic (exact) mass is 206 g/mol. The molecule has 0 aliphatic rings. The van der Waals surface area contributed by atoms with E-state index in [0.29, 0.717) is 6.07 Å². The number of halogens is 4. The number of hydrogen-bond acceptors (Lipinski definition) is 0. The molecular weight excluding hydrogens is 196 g/mol. The minimum Gasteiger partial charge on any atom is -0.204 e. The molecular formula is C10H10F4. The summed E-state index contributed by atoms with van der Waals surface area (Å²) in [5.41, 5.74) is -0.937. The maximum atomic E-state index is 13.2. The van der Waals surface area contributed by atoms with Gasteiger partial charge in [0.05, 0.1) is 0 Å². The predicted molar refractivity (Wildman–Crippen MR) is 45.0 cm³/mol. The Kier molecular flexibility index (Phi) is 2.56. The van der Waals surface area contributed by atoms with Crippen molar-refractivity contribution in [2.24, 2.45) is 0 Å². The van der Waals surface area contributed by atoms with Crippen LogP contribution in [0.4, 0.5) is 17.6 Å². The second-order valence-corrected chi connectivity index (χ2v) is 4.10. The van der Waals surface area contributed by atoms with Crippen molar-refractivity contribution in [2.45, 2.75) is 26.2 Å². The lowest BCUT2D eigenvalue weighted by Crippen LogP contribution is -2.16. The van der Waals surface area contributed by atoms with E-state index in [4.69, 9.17) is 0 Å². The first-order valence-corrected chi connectivity index (χ1v) is 4.08. The molecule has 0 saturated carbocycles. The van der Waals surface area contributed by atoms with Gasteiger partial charge in [-0.25, -0.2) is 17.6 Å². The van der Waals surface area contributed by atoms with Crippen LogP contribution in [0.2, 0.25) is 0 Å². The van der Waals surface area contributed by atoms with Crippen molar-refractivity contribution in [3.05, 3.63) is 34.9 Å². The van der Waals surface area contributed by atoms with Crippen LogP contribution in [-0.4, -0.2) is 0 Å². The SMILES string of the molecule is CC(C)(C)c1cc(F)c(F)c(F)c1F. The van der Waals surface area contributed by atoms with Crippen LogP contribution in [0.1, 0.15) is 26.3 Å². The zero-order chi connectivity index (χ0) is 11.1. The van der Waals surface area contributed by atoms with Gasteiger partial charge in [0.2, 0.25) is 0 Å². The largest absolute Gasteiger partial charge is 0.204 e. The zero-order valence-electron chi connectivity index (χ0n) is 8.09. The molecule has 0 amide bonds. The zero-order valence-corrected chi connectivity index (χ0v) is 8.09. The highest BCUT2D eigenvalue weighted by atomic mass is 19.2. The van der Waals surface area contributed by atoms with Crippen LogP contribution in [0, 0.1) is 23.3 Å². The first-order valence-electron chi connectivity index (χ1n) is 4.08. The Balaban J connectivity index is 3.49. The van der Waals surface area contributed by atoms with Crippen molar-refractivity contribution >= 4 is 0 Å². The first-order chi connectivity index (χ1) is 6.25. The average Bonchev–Trinajstić information content (AvgIpc) is 2.06. The topological polar surface area (TPSA) is 0 Å². The van der Waals surface area contributed by atoms with E-state index >= 15 is 0 Å². The molecule has 0 spiro atoms. The lowest BCUT2D eigenvalue weighted by Gasteiger charge is -2.20. The number of hydrogen-bond donors (Lipinski definition) is 0. The third kappa shape index (κ3) is 1.74. The summed E-state index contributed by atoms with van der Waals surface area (Å²) >= 11 is 0. The quantitative estimate of drug-likeness (QED) is 0.346. The van der Waals surface area contributed by atoms with Crippen LogP contribution in [0.3, 0.4) is 0 Å². The van der Waals surface area contributed by atoms with Gasteiger partial charge in [-0.15, -0.1) is 0 Å². The van der Waals surface area contributed by atoms with Crippen LogP contribution in [-0.2, 0) is 5.41 Å². The predicted octanol–water partition coefficient (Wildman–Crippen LogP) is 3.54. The summed E-state index contributed by atoms with van der Waals surface area (Å²) in [6.45, 7) is 4.76. The minimum atomic E-state index is -1.77.